The first-order valence-electron chi connectivity index (χ1n) is 5.56. The largest absolute Gasteiger partial charge is 0.481 e. The fourth-order valence-corrected chi connectivity index (χ4v) is 2.06. The number of imidazole rings is 1. The molecule has 16 heavy (non-hydrogen) atoms. The summed E-state index contributed by atoms with van der Waals surface area (Å²) in [5.41, 5.74) is 0. The summed E-state index contributed by atoms with van der Waals surface area (Å²) in [6.07, 6.45) is 3.77. The van der Waals surface area contributed by atoms with Gasteiger partial charge in [0, 0.05) is 31.5 Å². The maximum Gasteiger partial charge on any atom is 0.307 e. The van der Waals surface area contributed by atoms with Crippen LogP contribution in [0.3, 0.4) is 0 Å². The average molecular weight is 223 g/mol. The minimum atomic E-state index is -0.735. The predicted octanol–water partition coefficient (Wildman–Crippen LogP) is 0.808. The van der Waals surface area contributed by atoms with Crippen LogP contribution in [-0.4, -0.2) is 38.1 Å². The summed E-state index contributed by atoms with van der Waals surface area (Å²) in [4.78, 5) is 17.4. The number of hydrogen-bond donors (Lipinski definition) is 1. The number of carbonyl (C=O) groups is 1. The third-order valence-electron chi connectivity index (χ3n) is 3.46. The molecule has 1 N–H and O–H groups in total. The minimum absolute atomic E-state index is 0.0444. The Labute approximate surface area is 94.7 Å². The van der Waals surface area contributed by atoms with Gasteiger partial charge >= 0.3 is 5.97 Å². The molecule has 2 heterocycles. The number of rotatable bonds is 3. The van der Waals surface area contributed by atoms with Crippen molar-refractivity contribution in [1.82, 2.24) is 14.5 Å². The Balaban J connectivity index is 2.06. The second kappa shape index (κ2) is 4.25. The van der Waals surface area contributed by atoms with E-state index < -0.39 is 5.97 Å². The quantitative estimate of drug-likeness (QED) is 0.823. The summed E-state index contributed by atoms with van der Waals surface area (Å²) in [5, 5.41) is 8.99. The van der Waals surface area contributed by atoms with E-state index in [1.54, 1.807) is 13.1 Å². The Hall–Kier alpha value is -1.36. The van der Waals surface area contributed by atoms with Gasteiger partial charge in [0.2, 0.25) is 0 Å². The van der Waals surface area contributed by atoms with Gasteiger partial charge in [-0.15, -0.1) is 0 Å². The summed E-state index contributed by atoms with van der Waals surface area (Å²) in [7, 11) is 0. The Bertz CT molecular complexity index is 388. The fourth-order valence-electron chi connectivity index (χ4n) is 2.06. The summed E-state index contributed by atoms with van der Waals surface area (Å²) < 4.78 is 2.12. The molecule has 0 saturated carbocycles. The van der Waals surface area contributed by atoms with E-state index in [1.807, 2.05) is 13.1 Å². The zero-order chi connectivity index (χ0) is 11.7. The van der Waals surface area contributed by atoms with Crippen LogP contribution >= 0.6 is 0 Å². The van der Waals surface area contributed by atoms with Crippen molar-refractivity contribution in [2.24, 2.45) is 5.92 Å². The van der Waals surface area contributed by atoms with E-state index in [2.05, 4.69) is 14.5 Å². The summed E-state index contributed by atoms with van der Waals surface area (Å²) >= 11 is 0. The molecule has 0 spiro atoms. The van der Waals surface area contributed by atoms with Crippen molar-refractivity contribution < 1.29 is 9.90 Å². The molecule has 2 rings (SSSR count). The first-order valence-corrected chi connectivity index (χ1v) is 5.56. The van der Waals surface area contributed by atoms with Crippen molar-refractivity contribution in [2.75, 3.05) is 6.54 Å². The molecular formula is C11H17N3O2. The standard InChI is InChI=1S/C11H17N3O2/c1-8(11(15)16)9(2)14-6-5-13-4-3-12-10(13)7-14/h3-4,8-9H,5-7H2,1-2H3,(H,15,16). The van der Waals surface area contributed by atoms with Gasteiger partial charge in [-0.2, -0.15) is 0 Å². The van der Waals surface area contributed by atoms with E-state index in [-0.39, 0.29) is 12.0 Å². The van der Waals surface area contributed by atoms with Crippen LogP contribution in [0, 0.1) is 5.92 Å². The smallest absolute Gasteiger partial charge is 0.307 e. The molecule has 1 aromatic heterocycles. The second-order valence-corrected chi connectivity index (χ2v) is 4.37. The van der Waals surface area contributed by atoms with Crippen LogP contribution in [0.5, 0.6) is 0 Å². The van der Waals surface area contributed by atoms with Gasteiger partial charge in [0.05, 0.1) is 12.5 Å². The van der Waals surface area contributed by atoms with Crippen molar-refractivity contribution >= 4 is 5.97 Å². The van der Waals surface area contributed by atoms with Crippen LogP contribution in [0.15, 0.2) is 12.4 Å². The molecule has 0 saturated heterocycles. The van der Waals surface area contributed by atoms with Crippen LogP contribution in [0.4, 0.5) is 0 Å². The third kappa shape index (κ3) is 1.95. The maximum absolute atomic E-state index is 10.9. The lowest BCUT2D eigenvalue weighted by Crippen LogP contribution is -2.44. The molecule has 0 aliphatic carbocycles. The lowest BCUT2D eigenvalue weighted by molar-refractivity contribution is -0.143. The molecule has 0 amide bonds. The number of carboxylic acid groups (broad SMARTS) is 1. The van der Waals surface area contributed by atoms with Gasteiger partial charge < -0.3 is 9.67 Å². The summed E-state index contributed by atoms with van der Waals surface area (Å²) in [5.74, 6) is -0.0568. The lowest BCUT2D eigenvalue weighted by Gasteiger charge is -2.34. The van der Waals surface area contributed by atoms with Crippen molar-refractivity contribution in [3.63, 3.8) is 0 Å². The summed E-state index contributed by atoms with van der Waals surface area (Å²) in [6.45, 7) is 6.26. The highest BCUT2D eigenvalue weighted by Crippen LogP contribution is 2.18. The van der Waals surface area contributed by atoms with Gasteiger partial charge in [0.15, 0.2) is 0 Å². The third-order valence-corrected chi connectivity index (χ3v) is 3.46. The molecule has 0 radical (unpaired) electrons. The molecule has 1 aliphatic rings. The first-order chi connectivity index (χ1) is 7.59. The molecule has 0 bridgehead atoms. The average Bonchev–Trinajstić information content (AvgIpc) is 2.73. The van der Waals surface area contributed by atoms with Crippen molar-refractivity contribution in [1.29, 1.82) is 0 Å². The van der Waals surface area contributed by atoms with Crippen LogP contribution in [0.2, 0.25) is 0 Å². The molecule has 1 aromatic rings. The monoisotopic (exact) mass is 223 g/mol. The second-order valence-electron chi connectivity index (χ2n) is 4.37. The number of carboxylic acids is 1. The first kappa shape index (κ1) is 11.1. The zero-order valence-corrected chi connectivity index (χ0v) is 9.63. The molecule has 2 unspecified atom stereocenters. The fraction of sp³-hybridized carbons (Fsp3) is 0.636. The number of fused-ring (bicyclic) bond motifs is 1. The van der Waals surface area contributed by atoms with Gasteiger partial charge in [-0.25, -0.2) is 4.98 Å². The van der Waals surface area contributed by atoms with Gasteiger partial charge in [0.1, 0.15) is 5.82 Å². The predicted molar refractivity (Wildman–Crippen MR) is 58.9 cm³/mol. The number of aliphatic carboxylic acids is 1. The van der Waals surface area contributed by atoms with Gasteiger partial charge in [-0.1, -0.05) is 6.92 Å². The molecule has 1 aliphatic heterocycles. The van der Waals surface area contributed by atoms with Crippen molar-refractivity contribution in [2.45, 2.75) is 33.0 Å². The topological polar surface area (TPSA) is 58.4 Å². The van der Waals surface area contributed by atoms with Crippen LogP contribution in [0.1, 0.15) is 19.7 Å². The Kier molecular flexibility index (Phi) is 2.96. The zero-order valence-electron chi connectivity index (χ0n) is 9.63. The van der Waals surface area contributed by atoms with Gasteiger partial charge in [-0.05, 0) is 6.92 Å². The highest BCUT2D eigenvalue weighted by molar-refractivity contribution is 5.70. The lowest BCUT2D eigenvalue weighted by atomic mass is 10.0. The van der Waals surface area contributed by atoms with E-state index in [0.717, 1.165) is 25.5 Å². The van der Waals surface area contributed by atoms with Gasteiger partial charge in [0.25, 0.3) is 0 Å². The van der Waals surface area contributed by atoms with Crippen LogP contribution in [0.25, 0.3) is 0 Å². The number of hydrogen-bond acceptors (Lipinski definition) is 3. The Morgan fingerprint density at radius 2 is 2.25 bits per heavy atom. The van der Waals surface area contributed by atoms with E-state index in [9.17, 15) is 4.79 Å². The molecule has 0 fully saturated rings. The van der Waals surface area contributed by atoms with E-state index in [1.165, 1.54) is 0 Å². The molecular weight excluding hydrogens is 206 g/mol. The molecule has 5 heteroatoms. The van der Waals surface area contributed by atoms with E-state index in [4.69, 9.17) is 5.11 Å². The molecule has 5 nitrogen and oxygen atoms in total. The maximum atomic E-state index is 10.9. The Morgan fingerprint density at radius 3 is 2.94 bits per heavy atom. The molecule has 2 atom stereocenters. The van der Waals surface area contributed by atoms with E-state index in [0.29, 0.717) is 0 Å². The highest BCUT2D eigenvalue weighted by atomic mass is 16.4. The van der Waals surface area contributed by atoms with Crippen molar-refractivity contribution in [3.05, 3.63) is 18.2 Å². The normalized spacial score (nSPS) is 20.1. The van der Waals surface area contributed by atoms with Gasteiger partial charge in [-0.3, -0.25) is 9.69 Å². The summed E-state index contributed by atoms with van der Waals surface area (Å²) in [6, 6.07) is 0.0444. The molecule has 0 aromatic carbocycles. The molecule has 88 valence electrons. The highest BCUT2D eigenvalue weighted by Gasteiger charge is 2.28. The number of aromatic nitrogens is 2. The number of nitrogens with zero attached hydrogens (tertiary/aromatic N) is 3. The SMILES string of the molecule is CC(C(=O)O)C(C)N1CCn2ccnc2C1. The van der Waals surface area contributed by atoms with E-state index >= 15 is 0 Å². The Morgan fingerprint density at radius 1 is 1.50 bits per heavy atom. The minimum Gasteiger partial charge on any atom is -0.481 e. The van der Waals surface area contributed by atoms with Crippen LogP contribution in [-0.2, 0) is 17.9 Å². The van der Waals surface area contributed by atoms with Crippen LogP contribution < -0.4 is 0 Å². The van der Waals surface area contributed by atoms with Crippen molar-refractivity contribution in [3.8, 4) is 0 Å².